The molecular formula is C12H18N2O8. The van der Waals surface area contributed by atoms with Crippen molar-refractivity contribution in [3.63, 3.8) is 0 Å². The van der Waals surface area contributed by atoms with Crippen LogP contribution in [0.5, 0.6) is 0 Å². The topological polar surface area (TPSA) is 156 Å². The summed E-state index contributed by atoms with van der Waals surface area (Å²) in [7, 11) is 0. The molecule has 0 unspecified atom stereocenters. The van der Waals surface area contributed by atoms with Crippen molar-refractivity contribution in [3.8, 4) is 0 Å². The van der Waals surface area contributed by atoms with Crippen LogP contribution in [0.2, 0.25) is 0 Å². The zero-order valence-electron chi connectivity index (χ0n) is 11.7. The fraction of sp³-hybridized carbons (Fsp3) is 0.500. The van der Waals surface area contributed by atoms with Crippen LogP contribution in [0.1, 0.15) is 0 Å². The van der Waals surface area contributed by atoms with Gasteiger partial charge in [-0.25, -0.2) is 0 Å². The molecule has 10 nitrogen and oxygen atoms in total. The van der Waals surface area contributed by atoms with E-state index in [1.54, 1.807) is 0 Å². The summed E-state index contributed by atoms with van der Waals surface area (Å²) >= 11 is 0. The van der Waals surface area contributed by atoms with E-state index in [1.807, 2.05) is 0 Å². The highest BCUT2D eigenvalue weighted by molar-refractivity contribution is 5.73. The van der Waals surface area contributed by atoms with E-state index in [2.05, 4.69) is 0 Å². The lowest BCUT2D eigenvalue weighted by Gasteiger charge is -2.17. The van der Waals surface area contributed by atoms with Crippen LogP contribution in [-0.4, -0.2) is 93.4 Å². The Balaban J connectivity index is 4.44. The number of carboxylic acids is 4. The van der Waals surface area contributed by atoms with Crippen molar-refractivity contribution in [3.05, 3.63) is 12.2 Å². The summed E-state index contributed by atoms with van der Waals surface area (Å²) in [5.74, 6) is -4.69. The Morgan fingerprint density at radius 3 is 1.00 bits per heavy atom. The molecule has 0 aromatic rings. The smallest absolute Gasteiger partial charge is 0.317 e. The summed E-state index contributed by atoms with van der Waals surface area (Å²) in [5.41, 5.74) is 0. The first-order valence-electron chi connectivity index (χ1n) is 6.17. The second kappa shape index (κ2) is 10.3. The molecule has 0 heterocycles. The third-order valence-electron chi connectivity index (χ3n) is 2.33. The maximum absolute atomic E-state index is 10.6. The fourth-order valence-electron chi connectivity index (χ4n) is 1.58. The summed E-state index contributed by atoms with van der Waals surface area (Å²) in [5, 5.41) is 34.6. The van der Waals surface area contributed by atoms with Crippen LogP contribution in [0.15, 0.2) is 12.2 Å². The van der Waals surface area contributed by atoms with Crippen LogP contribution in [0.3, 0.4) is 0 Å². The van der Waals surface area contributed by atoms with Crippen LogP contribution in [0, 0.1) is 0 Å². The van der Waals surface area contributed by atoms with Crippen molar-refractivity contribution in [1.29, 1.82) is 0 Å². The Kier molecular flexibility index (Phi) is 9.14. The Morgan fingerprint density at radius 2 is 0.818 bits per heavy atom. The van der Waals surface area contributed by atoms with Crippen LogP contribution in [0.4, 0.5) is 0 Å². The monoisotopic (exact) mass is 318 g/mol. The molecule has 0 aliphatic rings. The SMILES string of the molecule is O=C(O)CN(CC=CCN(CC(=O)O)CC(=O)O)CC(=O)O. The second-order valence-corrected chi connectivity index (χ2v) is 4.39. The minimum atomic E-state index is -1.17. The van der Waals surface area contributed by atoms with Crippen molar-refractivity contribution < 1.29 is 39.6 Å². The summed E-state index contributed by atoms with van der Waals surface area (Å²) in [6.45, 7) is -1.75. The van der Waals surface area contributed by atoms with E-state index in [9.17, 15) is 19.2 Å². The zero-order valence-corrected chi connectivity index (χ0v) is 11.7. The quantitative estimate of drug-likeness (QED) is 0.312. The first-order valence-corrected chi connectivity index (χ1v) is 6.17. The van der Waals surface area contributed by atoms with Gasteiger partial charge in [0.05, 0.1) is 26.2 Å². The van der Waals surface area contributed by atoms with E-state index in [1.165, 1.54) is 12.2 Å². The van der Waals surface area contributed by atoms with Gasteiger partial charge in [-0.1, -0.05) is 12.2 Å². The summed E-state index contributed by atoms with van der Waals surface area (Å²) in [4.78, 5) is 44.6. The molecule has 0 bridgehead atoms. The lowest BCUT2D eigenvalue weighted by Crippen LogP contribution is -2.35. The summed E-state index contributed by atoms with van der Waals surface area (Å²) < 4.78 is 0. The Labute approximate surface area is 125 Å². The lowest BCUT2D eigenvalue weighted by molar-refractivity contribution is -0.143. The lowest BCUT2D eigenvalue weighted by atomic mass is 10.3. The molecular weight excluding hydrogens is 300 g/mol. The molecule has 0 aromatic heterocycles. The molecule has 10 heteroatoms. The Bertz CT molecular complexity index is 376. The van der Waals surface area contributed by atoms with Gasteiger partial charge >= 0.3 is 23.9 Å². The molecule has 0 radical (unpaired) electrons. The van der Waals surface area contributed by atoms with E-state index in [-0.39, 0.29) is 13.1 Å². The van der Waals surface area contributed by atoms with Gasteiger partial charge < -0.3 is 20.4 Å². The molecule has 0 amide bonds. The number of hydrogen-bond donors (Lipinski definition) is 4. The van der Waals surface area contributed by atoms with Crippen molar-refractivity contribution in [2.75, 3.05) is 39.3 Å². The van der Waals surface area contributed by atoms with Crippen molar-refractivity contribution in [2.24, 2.45) is 0 Å². The molecule has 4 N–H and O–H groups in total. The molecule has 0 fully saturated rings. The maximum atomic E-state index is 10.6. The zero-order chi connectivity index (χ0) is 17.1. The molecule has 0 aromatic carbocycles. The molecule has 0 aliphatic heterocycles. The minimum Gasteiger partial charge on any atom is -0.480 e. The average Bonchev–Trinajstić information content (AvgIpc) is 2.31. The van der Waals surface area contributed by atoms with Crippen LogP contribution >= 0.6 is 0 Å². The standard InChI is InChI=1S/C12H18N2O8/c15-9(16)5-13(6-10(17)18)3-1-2-4-14(7-11(19)20)8-12(21)22/h1-2H,3-8H2,(H,15,16)(H,17,18)(H,19,20)(H,21,22). The van der Waals surface area contributed by atoms with E-state index in [0.717, 1.165) is 9.80 Å². The van der Waals surface area contributed by atoms with Crippen molar-refractivity contribution in [2.45, 2.75) is 0 Å². The predicted molar refractivity (Wildman–Crippen MR) is 72.6 cm³/mol. The maximum Gasteiger partial charge on any atom is 0.317 e. The largest absolute Gasteiger partial charge is 0.480 e. The first kappa shape index (κ1) is 19.5. The highest BCUT2D eigenvalue weighted by atomic mass is 16.4. The Hall–Kier alpha value is -2.46. The van der Waals surface area contributed by atoms with Gasteiger partial charge in [0, 0.05) is 13.1 Å². The average molecular weight is 318 g/mol. The van der Waals surface area contributed by atoms with Crippen LogP contribution < -0.4 is 0 Å². The molecule has 0 spiro atoms. The molecule has 22 heavy (non-hydrogen) atoms. The minimum absolute atomic E-state index is 0.0343. The number of carboxylic acid groups (broad SMARTS) is 4. The Morgan fingerprint density at radius 1 is 0.591 bits per heavy atom. The third-order valence-corrected chi connectivity index (χ3v) is 2.33. The normalized spacial score (nSPS) is 11.2. The molecule has 0 saturated carbocycles. The number of aliphatic carboxylic acids is 4. The van der Waals surface area contributed by atoms with Crippen LogP contribution in [-0.2, 0) is 19.2 Å². The second-order valence-electron chi connectivity index (χ2n) is 4.39. The van der Waals surface area contributed by atoms with Gasteiger partial charge in [-0.15, -0.1) is 0 Å². The molecule has 0 rings (SSSR count). The number of hydrogen-bond acceptors (Lipinski definition) is 6. The third kappa shape index (κ3) is 11.4. The molecule has 124 valence electrons. The van der Waals surface area contributed by atoms with Gasteiger partial charge in [-0.05, 0) is 0 Å². The highest BCUT2D eigenvalue weighted by Crippen LogP contribution is 1.93. The van der Waals surface area contributed by atoms with Gasteiger partial charge in [0.15, 0.2) is 0 Å². The first-order chi connectivity index (χ1) is 10.2. The van der Waals surface area contributed by atoms with E-state index in [4.69, 9.17) is 20.4 Å². The van der Waals surface area contributed by atoms with E-state index in [0.29, 0.717) is 0 Å². The van der Waals surface area contributed by atoms with Crippen molar-refractivity contribution >= 4 is 23.9 Å². The van der Waals surface area contributed by atoms with E-state index < -0.39 is 50.1 Å². The predicted octanol–water partition coefficient (Wildman–Crippen LogP) is -1.51. The highest BCUT2D eigenvalue weighted by Gasteiger charge is 2.13. The number of carbonyl (C=O) groups is 4. The number of nitrogens with zero attached hydrogens (tertiary/aromatic N) is 2. The van der Waals surface area contributed by atoms with Gasteiger partial charge in [-0.3, -0.25) is 29.0 Å². The van der Waals surface area contributed by atoms with Gasteiger partial charge in [-0.2, -0.15) is 0 Å². The van der Waals surface area contributed by atoms with Crippen LogP contribution in [0.25, 0.3) is 0 Å². The summed E-state index contributed by atoms with van der Waals surface area (Å²) in [6.07, 6.45) is 2.92. The van der Waals surface area contributed by atoms with Crippen molar-refractivity contribution in [1.82, 2.24) is 9.80 Å². The fourth-order valence-corrected chi connectivity index (χ4v) is 1.58. The van der Waals surface area contributed by atoms with E-state index >= 15 is 0 Å². The van der Waals surface area contributed by atoms with Gasteiger partial charge in [0.1, 0.15) is 0 Å². The molecule has 0 aliphatic carbocycles. The number of rotatable bonds is 12. The summed E-state index contributed by atoms with van der Waals surface area (Å²) in [6, 6.07) is 0. The molecule has 0 atom stereocenters. The molecule has 0 saturated heterocycles. The van der Waals surface area contributed by atoms with Gasteiger partial charge in [0.2, 0.25) is 0 Å². The van der Waals surface area contributed by atoms with Gasteiger partial charge in [0.25, 0.3) is 0 Å².